The highest BCUT2D eigenvalue weighted by molar-refractivity contribution is 7.18. The number of nitrogens with one attached hydrogen (secondary N) is 1. The second-order valence-corrected chi connectivity index (χ2v) is 7.02. The molecule has 0 fully saturated rings. The molecule has 1 aromatic carbocycles. The summed E-state index contributed by atoms with van der Waals surface area (Å²) in [5.41, 5.74) is 1.57. The number of aryl methyl sites for hydroxylation is 1. The number of ketones is 1. The fourth-order valence-electron chi connectivity index (χ4n) is 2.41. The predicted octanol–water partition coefficient (Wildman–Crippen LogP) is 4.05. The molecule has 0 unspecified atom stereocenters. The molecule has 0 saturated heterocycles. The van der Waals surface area contributed by atoms with Gasteiger partial charge >= 0.3 is 0 Å². The van der Waals surface area contributed by atoms with Gasteiger partial charge in [-0.2, -0.15) is 0 Å². The molecule has 0 amide bonds. The number of hydrogen-bond donors (Lipinski definition) is 2. The maximum absolute atomic E-state index is 12.6. The largest absolute Gasteiger partial charge is 0.512 e. The van der Waals surface area contributed by atoms with Crippen LogP contribution in [0, 0.1) is 6.92 Å². The van der Waals surface area contributed by atoms with Gasteiger partial charge in [0.25, 0.3) is 0 Å². The molecule has 0 saturated carbocycles. The van der Waals surface area contributed by atoms with Crippen molar-refractivity contribution in [1.29, 1.82) is 0 Å². The lowest BCUT2D eigenvalue weighted by atomic mass is 10.2. The number of hydrogen-bond acceptors (Lipinski definition) is 8. The monoisotopic (exact) mass is 384 g/mol. The highest BCUT2D eigenvalue weighted by Crippen LogP contribution is 2.23. The van der Waals surface area contributed by atoms with Crippen molar-refractivity contribution in [2.24, 2.45) is 0 Å². The number of ether oxygens (including phenoxy) is 1. The molecule has 0 aliphatic rings. The zero-order valence-electron chi connectivity index (χ0n) is 15.3. The van der Waals surface area contributed by atoms with E-state index in [0.29, 0.717) is 29.3 Å². The second-order valence-electron chi connectivity index (χ2n) is 5.84. The van der Waals surface area contributed by atoms with E-state index in [0.717, 1.165) is 16.3 Å². The van der Waals surface area contributed by atoms with E-state index in [9.17, 15) is 9.90 Å². The van der Waals surface area contributed by atoms with Gasteiger partial charge in [-0.3, -0.25) is 4.79 Å². The number of carbonyl (C=O) groups is 1. The van der Waals surface area contributed by atoms with Crippen LogP contribution in [0.3, 0.4) is 0 Å². The minimum absolute atomic E-state index is 0.00235. The van der Waals surface area contributed by atoms with Crippen LogP contribution in [0.5, 0.6) is 5.75 Å². The van der Waals surface area contributed by atoms with Gasteiger partial charge in [-0.05, 0) is 24.6 Å². The Bertz CT molecular complexity index is 996. The molecule has 0 aliphatic heterocycles. The molecular formula is C19H20N4O3S. The molecule has 8 heteroatoms. The first-order valence-corrected chi connectivity index (χ1v) is 9.27. The third-order valence-electron chi connectivity index (χ3n) is 3.87. The van der Waals surface area contributed by atoms with Gasteiger partial charge in [0.2, 0.25) is 5.78 Å². The van der Waals surface area contributed by atoms with E-state index < -0.39 is 5.78 Å². The molecule has 140 valence electrons. The number of methoxy groups -OCH3 is 1. The van der Waals surface area contributed by atoms with Crippen LogP contribution in [0.15, 0.2) is 36.1 Å². The smallest absolute Gasteiger partial charge is 0.211 e. The lowest BCUT2D eigenvalue weighted by molar-refractivity contribution is 0.103. The average molecular weight is 384 g/mol. The molecule has 3 aromatic rings. The van der Waals surface area contributed by atoms with E-state index in [1.807, 2.05) is 31.2 Å². The number of carbonyl (C=O) groups excluding carboxylic acids is 1. The van der Waals surface area contributed by atoms with Gasteiger partial charge in [0, 0.05) is 19.0 Å². The summed E-state index contributed by atoms with van der Waals surface area (Å²) in [6, 6.07) is 7.59. The molecule has 0 aliphatic carbocycles. The van der Waals surface area contributed by atoms with Crippen LogP contribution in [0.25, 0.3) is 10.5 Å². The van der Waals surface area contributed by atoms with E-state index in [1.165, 1.54) is 17.4 Å². The quantitative estimate of drug-likeness (QED) is 0.360. The number of aliphatic hydroxyl groups is 1. The van der Waals surface area contributed by atoms with Gasteiger partial charge in [0.15, 0.2) is 22.0 Å². The van der Waals surface area contributed by atoms with Crippen molar-refractivity contribution in [3.8, 4) is 5.75 Å². The fourth-order valence-corrected chi connectivity index (χ4v) is 3.14. The summed E-state index contributed by atoms with van der Waals surface area (Å²) in [4.78, 5) is 26.4. The van der Waals surface area contributed by atoms with Gasteiger partial charge in [-0.15, -0.1) is 0 Å². The maximum Gasteiger partial charge on any atom is 0.211 e. The molecule has 2 N–H and O–H groups in total. The minimum Gasteiger partial charge on any atom is -0.512 e. The topological polar surface area (TPSA) is 97.2 Å². The van der Waals surface area contributed by atoms with Crippen LogP contribution in [0.1, 0.15) is 34.4 Å². The van der Waals surface area contributed by atoms with Crippen molar-refractivity contribution in [3.63, 3.8) is 0 Å². The van der Waals surface area contributed by atoms with Gasteiger partial charge in [0.1, 0.15) is 5.75 Å². The lowest BCUT2D eigenvalue weighted by Gasteiger charge is -2.09. The Labute approximate surface area is 160 Å². The standard InChI is InChI=1S/C19H20N4O3S/c1-4-13(24)9-15(25)16-17(23-19-18(22-16)21-11(2)27-19)20-10-12-5-7-14(26-3)8-6-12/h5-9,24H,4,10H2,1-3H3,(H,20,23). The van der Waals surface area contributed by atoms with Gasteiger partial charge < -0.3 is 15.2 Å². The summed E-state index contributed by atoms with van der Waals surface area (Å²) in [6.45, 7) is 4.09. The number of fused-ring (bicyclic) bond motifs is 1. The van der Waals surface area contributed by atoms with Crippen LogP contribution < -0.4 is 10.1 Å². The summed E-state index contributed by atoms with van der Waals surface area (Å²) in [6.07, 6.45) is 1.54. The molecule has 2 aromatic heterocycles. The fraction of sp³-hybridized carbons (Fsp3) is 0.263. The molecule has 0 bridgehead atoms. The molecule has 2 heterocycles. The number of thiazole rings is 1. The van der Waals surface area contributed by atoms with Crippen LogP contribution >= 0.6 is 11.3 Å². The second kappa shape index (κ2) is 8.13. The van der Waals surface area contributed by atoms with Crippen molar-refractivity contribution >= 4 is 33.4 Å². The number of allylic oxidation sites excluding steroid dienone is 2. The highest BCUT2D eigenvalue weighted by atomic mass is 32.1. The SMILES string of the molecule is CCC(O)=CC(=O)c1nc2nc(C)sc2nc1NCc1ccc(OC)cc1. The molecule has 0 radical (unpaired) electrons. The Morgan fingerprint density at radius 2 is 2.00 bits per heavy atom. The van der Waals surface area contributed by atoms with Crippen LogP contribution in [0.2, 0.25) is 0 Å². The summed E-state index contributed by atoms with van der Waals surface area (Å²) in [7, 11) is 1.62. The Kier molecular flexibility index (Phi) is 5.66. The van der Waals surface area contributed by atoms with Gasteiger partial charge in [-0.1, -0.05) is 30.4 Å². The average Bonchev–Trinajstić information content (AvgIpc) is 3.04. The third kappa shape index (κ3) is 4.40. The molecule has 3 rings (SSSR count). The summed E-state index contributed by atoms with van der Waals surface area (Å²) < 4.78 is 5.16. The highest BCUT2D eigenvalue weighted by Gasteiger charge is 2.17. The molecule has 7 nitrogen and oxygen atoms in total. The van der Waals surface area contributed by atoms with E-state index >= 15 is 0 Å². The first kappa shape index (κ1) is 18.8. The summed E-state index contributed by atoms with van der Waals surface area (Å²) in [5, 5.41) is 13.7. The minimum atomic E-state index is -0.411. The zero-order valence-corrected chi connectivity index (χ0v) is 16.1. The first-order chi connectivity index (χ1) is 13.0. The van der Waals surface area contributed by atoms with Crippen LogP contribution in [0.4, 0.5) is 5.82 Å². The number of benzene rings is 1. The number of nitrogens with zero attached hydrogens (tertiary/aromatic N) is 3. The van der Waals surface area contributed by atoms with Crippen molar-refractivity contribution in [2.45, 2.75) is 26.8 Å². The number of rotatable bonds is 7. The lowest BCUT2D eigenvalue weighted by Crippen LogP contribution is -2.10. The maximum atomic E-state index is 12.6. The van der Waals surface area contributed by atoms with E-state index in [2.05, 4.69) is 20.3 Å². The van der Waals surface area contributed by atoms with Crippen molar-refractivity contribution < 1.29 is 14.6 Å². The van der Waals surface area contributed by atoms with Crippen molar-refractivity contribution in [3.05, 3.63) is 52.4 Å². The van der Waals surface area contributed by atoms with Crippen molar-refractivity contribution in [2.75, 3.05) is 12.4 Å². The normalized spacial score (nSPS) is 11.6. The zero-order chi connectivity index (χ0) is 19.4. The molecule has 27 heavy (non-hydrogen) atoms. The Morgan fingerprint density at radius 3 is 2.67 bits per heavy atom. The third-order valence-corrected chi connectivity index (χ3v) is 4.72. The molecule has 0 atom stereocenters. The Hall–Kier alpha value is -3.00. The van der Waals surface area contributed by atoms with Gasteiger partial charge in [0.05, 0.1) is 17.9 Å². The molecular weight excluding hydrogens is 364 g/mol. The summed E-state index contributed by atoms with van der Waals surface area (Å²) >= 11 is 1.41. The van der Waals surface area contributed by atoms with E-state index in [4.69, 9.17) is 4.74 Å². The van der Waals surface area contributed by atoms with Crippen LogP contribution in [-0.4, -0.2) is 33.0 Å². The Morgan fingerprint density at radius 1 is 1.26 bits per heavy atom. The van der Waals surface area contributed by atoms with Gasteiger partial charge in [-0.25, -0.2) is 15.0 Å². The number of aliphatic hydroxyl groups excluding tert-OH is 1. The number of anilines is 1. The number of aromatic nitrogens is 3. The molecule has 0 spiro atoms. The summed E-state index contributed by atoms with van der Waals surface area (Å²) in [5.74, 6) is 0.729. The van der Waals surface area contributed by atoms with Crippen molar-refractivity contribution in [1.82, 2.24) is 15.0 Å². The predicted molar refractivity (Wildman–Crippen MR) is 106 cm³/mol. The van der Waals surface area contributed by atoms with E-state index in [1.54, 1.807) is 14.0 Å². The Balaban J connectivity index is 1.93. The van der Waals surface area contributed by atoms with Crippen LogP contribution in [-0.2, 0) is 6.54 Å². The first-order valence-electron chi connectivity index (χ1n) is 8.46. The van der Waals surface area contributed by atoms with E-state index in [-0.39, 0.29) is 11.5 Å².